The molecule has 0 aliphatic carbocycles. The van der Waals surface area contributed by atoms with E-state index in [2.05, 4.69) is 22.5 Å². The number of nitrogens with one attached hydrogen (secondary N) is 3. The molecule has 1 unspecified atom stereocenters. The molecule has 0 aliphatic heterocycles. The SMILES string of the molecule is CCCC(NC(=O)c1ccc(C)c(NC(=O)c2cc3cc(OC)c(OC)cc3[nH]c2=O)c1)c1ccccc1. The highest BCUT2D eigenvalue weighted by Crippen LogP contribution is 2.31. The number of anilines is 1. The number of aromatic nitrogens is 1. The van der Waals surface area contributed by atoms with Crippen molar-refractivity contribution < 1.29 is 19.1 Å². The summed E-state index contributed by atoms with van der Waals surface area (Å²) in [5.41, 5.74) is 2.55. The zero-order valence-electron chi connectivity index (χ0n) is 21.9. The third-order valence-electron chi connectivity index (χ3n) is 6.43. The summed E-state index contributed by atoms with van der Waals surface area (Å²) >= 11 is 0. The van der Waals surface area contributed by atoms with E-state index in [9.17, 15) is 14.4 Å². The number of carbonyl (C=O) groups is 2. The summed E-state index contributed by atoms with van der Waals surface area (Å²) in [4.78, 5) is 41.8. The van der Waals surface area contributed by atoms with Gasteiger partial charge in [0.15, 0.2) is 11.5 Å². The van der Waals surface area contributed by atoms with Crippen LogP contribution in [0.2, 0.25) is 0 Å². The van der Waals surface area contributed by atoms with E-state index in [1.807, 2.05) is 37.3 Å². The number of H-pyrrole nitrogens is 1. The van der Waals surface area contributed by atoms with Crippen molar-refractivity contribution in [3.05, 3.63) is 99.3 Å². The van der Waals surface area contributed by atoms with Crippen molar-refractivity contribution in [3.8, 4) is 11.5 Å². The Kier molecular flexibility index (Phi) is 8.11. The average molecular weight is 514 g/mol. The van der Waals surface area contributed by atoms with E-state index in [0.29, 0.717) is 33.7 Å². The number of rotatable bonds is 9. The number of ether oxygens (including phenoxy) is 2. The summed E-state index contributed by atoms with van der Waals surface area (Å²) in [7, 11) is 3.02. The summed E-state index contributed by atoms with van der Waals surface area (Å²) < 4.78 is 10.6. The zero-order valence-corrected chi connectivity index (χ0v) is 21.9. The minimum atomic E-state index is -0.586. The number of amides is 2. The Bertz CT molecular complexity index is 1530. The van der Waals surface area contributed by atoms with Gasteiger partial charge in [-0.1, -0.05) is 49.7 Å². The summed E-state index contributed by atoms with van der Waals surface area (Å²) in [5.74, 6) is 0.112. The second-order valence-electron chi connectivity index (χ2n) is 9.02. The van der Waals surface area contributed by atoms with E-state index in [-0.39, 0.29) is 17.5 Å². The van der Waals surface area contributed by atoms with Gasteiger partial charge in [-0.2, -0.15) is 0 Å². The van der Waals surface area contributed by atoms with Gasteiger partial charge in [0.25, 0.3) is 17.4 Å². The minimum absolute atomic E-state index is 0.0638. The van der Waals surface area contributed by atoms with Crippen LogP contribution in [-0.4, -0.2) is 31.0 Å². The maximum absolute atomic E-state index is 13.1. The van der Waals surface area contributed by atoms with Crippen LogP contribution in [0.25, 0.3) is 10.9 Å². The van der Waals surface area contributed by atoms with Gasteiger partial charge >= 0.3 is 0 Å². The number of benzene rings is 3. The fraction of sp³-hybridized carbons (Fsp3) is 0.233. The van der Waals surface area contributed by atoms with E-state index in [0.717, 1.165) is 24.0 Å². The molecule has 4 aromatic rings. The standard InChI is InChI=1S/C30H31N3O5/c1-5-9-23(19-10-7-6-8-11-19)31-28(34)20-13-12-18(2)24(15-20)32-29(35)22-14-21-16-26(37-3)27(38-4)17-25(21)33-30(22)36/h6-8,10-17,23H,5,9H2,1-4H3,(H,31,34)(H,32,35)(H,33,36). The molecule has 3 aromatic carbocycles. The Morgan fingerprint density at radius 2 is 1.63 bits per heavy atom. The summed E-state index contributed by atoms with van der Waals surface area (Å²) in [5, 5.41) is 6.51. The Labute approximate surface area is 221 Å². The number of aryl methyl sites for hydroxylation is 1. The van der Waals surface area contributed by atoms with Gasteiger partial charge in [0.2, 0.25) is 0 Å². The van der Waals surface area contributed by atoms with Crippen LogP contribution < -0.4 is 25.7 Å². The maximum Gasteiger partial charge on any atom is 0.261 e. The maximum atomic E-state index is 13.1. The lowest BCUT2D eigenvalue weighted by molar-refractivity contribution is 0.0933. The van der Waals surface area contributed by atoms with Crippen molar-refractivity contribution in [1.82, 2.24) is 10.3 Å². The topological polar surface area (TPSA) is 110 Å². The Morgan fingerprint density at radius 3 is 2.32 bits per heavy atom. The van der Waals surface area contributed by atoms with Crippen LogP contribution >= 0.6 is 0 Å². The van der Waals surface area contributed by atoms with Gasteiger partial charge in [-0.3, -0.25) is 14.4 Å². The first-order valence-corrected chi connectivity index (χ1v) is 12.4. The summed E-state index contributed by atoms with van der Waals surface area (Å²) in [6, 6.07) is 19.7. The van der Waals surface area contributed by atoms with Gasteiger partial charge in [0, 0.05) is 22.7 Å². The summed E-state index contributed by atoms with van der Waals surface area (Å²) in [6.45, 7) is 3.89. The van der Waals surface area contributed by atoms with Crippen LogP contribution in [0.4, 0.5) is 5.69 Å². The Hall–Kier alpha value is -4.59. The number of pyridine rings is 1. The molecule has 0 fully saturated rings. The van der Waals surface area contributed by atoms with Crippen LogP contribution in [-0.2, 0) is 0 Å². The van der Waals surface area contributed by atoms with Crippen LogP contribution in [0.3, 0.4) is 0 Å². The number of hydrogen-bond donors (Lipinski definition) is 3. The lowest BCUT2D eigenvalue weighted by Crippen LogP contribution is -2.29. The highest BCUT2D eigenvalue weighted by atomic mass is 16.5. The number of aromatic amines is 1. The molecule has 0 radical (unpaired) electrons. The van der Waals surface area contributed by atoms with E-state index in [4.69, 9.17) is 9.47 Å². The number of methoxy groups -OCH3 is 2. The van der Waals surface area contributed by atoms with E-state index in [1.54, 1.807) is 30.3 Å². The van der Waals surface area contributed by atoms with E-state index in [1.165, 1.54) is 20.3 Å². The third-order valence-corrected chi connectivity index (χ3v) is 6.43. The molecule has 196 valence electrons. The van der Waals surface area contributed by atoms with Crippen LogP contribution in [0.1, 0.15) is 57.7 Å². The molecule has 0 spiro atoms. The lowest BCUT2D eigenvalue weighted by atomic mass is 10.0. The van der Waals surface area contributed by atoms with Crippen molar-refractivity contribution in [1.29, 1.82) is 0 Å². The Balaban J connectivity index is 1.58. The molecule has 1 heterocycles. The second-order valence-corrected chi connectivity index (χ2v) is 9.02. The highest BCUT2D eigenvalue weighted by Gasteiger charge is 2.18. The first kappa shape index (κ1) is 26.5. The molecule has 38 heavy (non-hydrogen) atoms. The minimum Gasteiger partial charge on any atom is -0.493 e. The highest BCUT2D eigenvalue weighted by molar-refractivity contribution is 6.07. The molecule has 0 aliphatic rings. The first-order valence-electron chi connectivity index (χ1n) is 12.4. The van der Waals surface area contributed by atoms with Crippen molar-refractivity contribution >= 4 is 28.4 Å². The largest absolute Gasteiger partial charge is 0.493 e. The Morgan fingerprint density at radius 1 is 0.921 bits per heavy atom. The van der Waals surface area contributed by atoms with Crippen molar-refractivity contribution in [2.75, 3.05) is 19.5 Å². The number of fused-ring (bicyclic) bond motifs is 1. The van der Waals surface area contributed by atoms with Crippen molar-refractivity contribution in [2.24, 2.45) is 0 Å². The van der Waals surface area contributed by atoms with E-state index >= 15 is 0 Å². The van der Waals surface area contributed by atoms with Crippen LogP contribution in [0.15, 0.2) is 71.5 Å². The fourth-order valence-corrected chi connectivity index (χ4v) is 4.33. The van der Waals surface area contributed by atoms with Crippen LogP contribution in [0, 0.1) is 6.92 Å². The van der Waals surface area contributed by atoms with Gasteiger partial charge in [-0.15, -0.1) is 0 Å². The molecule has 3 N–H and O–H groups in total. The molecule has 8 nitrogen and oxygen atoms in total. The molecule has 0 saturated carbocycles. The average Bonchev–Trinajstić information content (AvgIpc) is 2.93. The molecular weight excluding hydrogens is 482 g/mol. The van der Waals surface area contributed by atoms with E-state index < -0.39 is 11.5 Å². The summed E-state index contributed by atoms with van der Waals surface area (Å²) in [6.07, 6.45) is 1.71. The third kappa shape index (κ3) is 5.70. The quantitative estimate of drug-likeness (QED) is 0.279. The molecule has 0 bridgehead atoms. The van der Waals surface area contributed by atoms with Crippen molar-refractivity contribution in [3.63, 3.8) is 0 Å². The van der Waals surface area contributed by atoms with Gasteiger partial charge in [-0.25, -0.2) is 0 Å². The fourth-order valence-electron chi connectivity index (χ4n) is 4.33. The predicted molar refractivity (Wildman–Crippen MR) is 148 cm³/mol. The molecule has 2 amide bonds. The lowest BCUT2D eigenvalue weighted by Gasteiger charge is -2.19. The van der Waals surface area contributed by atoms with Gasteiger partial charge < -0.3 is 25.1 Å². The molecule has 0 saturated heterocycles. The predicted octanol–water partition coefficient (Wildman–Crippen LogP) is 5.38. The van der Waals surface area contributed by atoms with Gasteiger partial charge in [0.05, 0.1) is 25.8 Å². The monoisotopic (exact) mass is 513 g/mol. The molecule has 1 atom stereocenters. The smallest absolute Gasteiger partial charge is 0.261 e. The normalized spacial score (nSPS) is 11.6. The molecule has 1 aromatic heterocycles. The van der Waals surface area contributed by atoms with Gasteiger partial charge in [0.1, 0.15) is 5.56 Å². The van der Waals surface area contributed by atoms with Crippen LogP contribution in [0.5, 0.6) is 11.5 Å². The second kappa shape index (κ2) is 11.6. The molecule has 8 heteroatoms. The molecular formula is C30H31N3O5. The first-order chi connectivity index (χ1) is 18.3. The number of carbonyl (C=O) groups excluding carboxylic acids is 2. The number of hydrogen-bond acceptors (Lipinski definition) is 5. The molecule has 4 rings (SSSR count). The van der Waals surface area contributed by atoms with Gasteiger partial charge in [-0.05, 0) is 48.7 Å². The van der Waals surface area contributed by atoms with Crippen molar-refractivity contribution in [2.45, 2.75) is 32.7 Å². The zero-order chi connectivity index (χ0) is 27.2.